The molecule has 0 radical (unpaired) electrons. The highest BCUT2D eigenvalue weighted by Crippen LogP contribution is 2.24. The van der Waals surface area contributed by atoms with E-state index in [2.05, 4.69) is 20.3 Å². The van der Waals surface area contributed by atoms with Crippen LogP contribution >= 0.6 is 12.4 Å². The number of aromatic hydroxyl groups is 1. The number of benzene rings is 1. The number of aromatic nitrogens is 3. The smallest absolute Gasteiger partial charge is 0.233 e. The first-order valence-corrected chi connectivity index (χ1v) is 4.47. The Morgan fingerprint density at radius 3 is 2.18 bits per heavy atom. The van der Waals surface area contributed by atoms with Crippen LogP contribution in [0.3, 0.4) is 0 Å². The molecule has 0 aliphatic rings. The molecule has 1 aromatic heterocycles. The van der Waals surface area contributed by atoms with E-state index in [-0.39, 0.29) is 36.0 Å². The third-order valence-electron chi connectivity index (χ3n) is 1.82. The van der Waals surface area contributed by atoms with E-state index in [0.29, 0.717) is 5.69 Å². The van der Waals surface area contributed by atoms with Crippen molar-refractivity contribution in [3.05, 3.63) is 24.3 Å². The van der Waals surface area contributed by atoms with E-state index in [1.807, 2.05) is 0 Å². The first kappa shape index (κ1) is 12.8. The van der Waals surface area contributed by atoms with Gasteiger partial charge in [0.05, 0.1) is 5.69 Å². The zero-order chi connectivity index (χ0) is 11.5. The van der Waals surface area contributed by atoms with Crippen LogP contribution < -0.4 is 16.8 Å². The van der Waals surface area contributed by atoms with Gasteiger partial charge in [0.2, 0.25) is 17.8 Å². The second kappa shape index (κ2) is 5.17. The molecular weight excluding hydrogens is 244 g/mol. The van der Waals surface area contributed by atoms with Crippen LogP contribution in [0.25, 0.3) is 0 Å². The molecule has 0 spiro atoms. The fraction of sp³-hybridized carbons (Fsp3) is 0. The Labute approximate surface area is 103 Å². The first-order valence-electron chi connectivity index (χ1n) is 4.47. The Hall–Kier alpha value is -2.28. The molecule has 7 nitrogen and oxygen atoms in total. The normalized spacial score (nSPS) is 9.41. The molecule has 0 atom stereocenters. The third kappa shape index (κ3) is 3.08. The lowest BCUT2D eigenvalue weighted by atomic mass is 10.3. The molecule has 0 saturated carbocycles. The predicted octanol–water partition coefficient (Wildman–Crippen LogP) is 0.907. The fourth-order valence-electron chi connectivity index (χ4n) is 1.17. The molecule has 8 heteroatoms. The van der Waals surface area contributed by atoms with Crippen molar-refractivity contribution in [1.82, 2.24) is 15.0 Å². The van der Waals surface area contributed by atoms with Gasteiger partial charge in [0.15, 0.2) is 0 Å². The van der Waals surface area contributed by atoms with E-state index in [0.717, 1.165) is 0 Å². The topological polar surface area (TPSA) is 123 Å². The van der Waals surface area contributed by atoms with Crippen molar-refractivity contribution in [2.75, 3.05) is 16.8 Å². The van der Waals surface area contributed by atoms with Gasteiger partial charge < -0.3 is 21.9 Å². The van der Waals surface area contributed by atoms with Crippen molar-refractivity contribution in [3.8, 4) is 5.75 Å². The minimum absolute atomic E-state index is 0. The summed E-state index contributed by atoms with van der Waals surface area (Å²) in [7, 11) is 0. The van der Waals surface area contributed by atoms with Crippen molar-refractivity contribution in [2.24, 2.45) is 0 Å². The molecule has 6 N–H and O–H groups in total. The SMILES string of the molecule is Cl.Nc1nc(N)nc(Nc2ccccc2O)n1. The maximum Gasteiger partial charge on any atom is 0.233 e. The summed E-state index contributed by atoms with van der Waals surface area (Å²) in [5.41, 5.74) is 11.3. The number of anilines is 4. The number of nitrogens with one attached hydrogen (secondary N) is 1. The molecule has 1 heterocycles. The van der Waals surface area contributed by atoms with Gasteiger partial charge >= 0.3 is 0 Å². The van der Waals surface area contributed by atoms with Crippen LogP contribution in [0.4, 0.5) is 23.5 Å². The van der Waals surface area contributed by atoms with Crippen LogP contribution in [0.5, 0.6) is 5.75 Å². The quantitative estimate of drug-likeness (QED) is 0.587. The number of nitrogen functional groups attached to an aromatic ring is 2. The molecular formula is C9H11ClN6O. The maximum atomic E-state index is 9.51. The van der Waals surface area contributed by atoms with Gasteiger partial charge in [-0.3, -0.25) is 0 Å². The number of phenolic OH excluding ortho intramolecular Hbond substituents is 1. The van der Waals surface area contributed by atoms with Crippen molar-refractivity contribution >= 4 is 35.9 Å². The first-order chi connectivity index (χ1) is 7.65. The lowest BCUT2D eigenvalue weighted by Crippen LogP contribution is -2.06. The maximum absolute atomic E-state index is 9.51. The number of phenols is 1. The van der Waals surface area contributed by atoms with E-state index in [4.69, 9.17) is 11.5 Å². The van der Waals surface area contributed by atoms with Gasteiger partial charge in [0.1, 0.15) is 5.75 Å². The summed E-state index contributed by atoms with van der Waals surface area (Å²) in [5, 5.41) is 12.3. The Bertz CT molecular complexity index is 500. The number of nitrogens with zero attached hydrogens (tertiary/aromatic N) is 3. The minimum atomic E-state index is 0. The standard InChI is InChI=1S/C9H10N6O.ClH/c10-7-13-8(11)15-9(14-7)12-5-3-1-2-4-6(5)16;/h1-4,16H,(H5,10,11,12,13,14,15);1H. The van der Waals surface area contributed by atoms with Crippen molar-refractivity contribution in [3.63, 3.8) is 0 Å². The van der Waals surface area contributed by atoms with Crippen molar-refractivity contribution in [1.29, 1.82) is 0 Å². The Balaban J connectivity index is 0.00000144. The summed E-state index contributed by atoms with van der Waals surface area (Å²) in [6, 6.07) is 6.67. The Kier molecular flexibility index (Phi) is 3.89. The summed E-state index contributed by atoms with van der Waals surface area (Å²) < 4.78 is 0. The molecule has 2 rings (SSSR count). The monoisotopic (exact) mass is 254 g/mol. The van der Waals surface area contributed by atoms with Crippen LogP contribution in [0.1, 0.15) is 0 Å². The van der Waals surface area contributed by atoms with E-state index < -0.39 is 0 Å². The number of hydrogen-bond donors (Lipinski definition) is 4. The molecule has 0 bridgehead atoms. The van der Waals surface area contributed by atoms with Gasteiger partial charge in [0, 0.05) is 0 Å². The van der Waals surface area contributed by atoms with Crippen LogP contribution in [-0.4, -0.2) is 20.1 Å². The van der Waals surface area contributed by atoms with Gasteiger partial charge in [-0.2, -0.15) is 15.0 Å². The van der Waals surface area contributed by atoms with E-state index in [1.54, 1.807) is 18.2 Å². The molecule has 0 saturated heterocycles. The lowest BCUT2D eigenvalue weighted by Gasteiger charge is -2.06. The van der Waals surface area contributed by atoms with Gasteiger partial charge in [-0.25, -0.2) is 0 Å². The van der Waals surface area contributed by atoms with Crippen LogP contribution in [0.15, 0.2) is 24.3 Å². The Morgan fingerprint density at radius 1 is 1.00 bits per heavy atom. The van der Waals surface area contributed by atoms with E-state index >= 15 is 0 Å². The molecule has 0 aliphatic carbocycles. The van der Waals surface area contributed by atoms with Crippen LogP contribution in [0, 0.1) is 0 Å². The second-order valence-electron chi connectivity index (χ2n) is 3.02. The number of rotatable bonds is 2. The minimum Gasteiger partial charge on any atom is -0.506 e. The van der Waals surface area contributed by atoms with Crippen LogP contribution in [-0.2, 0) is 0 Å². The number of halogens is 1. The largest absolute Gasteiger partial charge is 0.506 e. The van der Waals surface area contributed by atoms with Crippen molar-refractivity contribution < 1.29 is 5.11 Å². The summed E-state index contributed by atoms with van der Waals surface area (Å²) in [6.07, 6.45) is 0. The molecule has 0 fully saturated rings. The summed E-state index contributed by atoms with van der Waals surface area (Å²) in [4.78, 5) is 11.3. The molecule has 2 aromatic rings. The molecule has 0 amide bonds. The summed E-state index contributed by atoms with van der Waals surface area (Å²) >= 11 is 0. The third-order valence-corrected chi connectivity index (χ3v) is 1.82. The summed E-state index contributed by atoms with van der Waals surface area (Å²) in [5.74, 6) is 0.308. The molecule has 0 aliphatic heterocycles. The number of hydrogen-bond acceptors (Lipinski definition) is 7. The van der Waals surface area contributed by atoms with Gasteiger partial charge in [-0.1, -0.05) is 12.1 Å². The van der Waals surface area contributed by atoms with Gasteiger partial charge in [0.25, 0.3) is 0 Å². The number of nitrogens with two attached hydrogens (primary N) is 2. The van der Waals surface area contributed by atoms with Crippen LogP contribution in [0.2, 0.25) is 0 Å². The van der Waals surface area contributed by atoms with E-state index in [1.165, 1.54) is 6.07 Å². The average Bonchev–Trinajstić information content (AvgIpc) is 2.20. The van der Waals surface area contributed by atoms with E-state index in [9.17, 15) is 5.11 Å². The zero-order valence-electron chi connectivity index (χ0n) is 8.66. The highest BCUT2D eigenvalue weighted by Gasteiger charge is 2.04. The molecule has 0 unspecified atom stereocenters. The highest BCUT2D eigenvalue weighted by molar-refractivity contribution is 5.85. The molecule has 90 valence electrons. The molecule has 1 aromatic carbocycles. The predicted molar refractivity (Wildman–Crippen MR) is 67.3 cm³/mol. The van der Waals surface area contributed by atoms with Crippen molar-refractivity contribution in [2.45, 2.75) is 0 Å². The Morgan fingerprint density at radius 2 is 1.59 bits per heavy atom. The van der Waals surface area contributed by atoms with Gasteiger partial charge in [-0.15, -0.1) is 12.4 Å². The molecule has 17 heavy (non-hydrogen) atoms. The van der Waals surface area contributed by atoms with Gasteiger partial charge in [-0.05, 0) is 12.1 Å². The fourth-order valence-corrected chi connectivity index (χ4v) is 1.17. The lowest BCUT2D eigenvalue weighted by molar-refractivity contribution is 0.477. The highest BCUT2D eigenvalue weighted by atomic mass is 35.5. The second-order valence-corrected chi connectivity index (χ2v) is 3.02. The number of para-hydroxylation sites is 2. The summed E-state index contributed by atoms with van der Waals surface area (Å²) in [6.45, 7) is 0. The average molecular weight is 255 g/mol. The zero-order valence-corrected chi connectivity index (χ0v) is 9.48.